The van der Waals surface area contributed by atoms with Crippen molar-refractivity contribution in [2.24, 2.45) is 5.73 Å². The Morgan fingerprint density at radius 2 is 1.64 bits per heavy atom. The first-order chi connectivity index (χ1) is 9.92. The van der Waals surface area contributed by atoms with Gasteiger partial charge in [0, 0.05) is 37.0 Å². The van der Waals surface area contributed by atoms with Gasteiger partial charge in [0.05, 0.1) is 0 Å². The van der Waals surface area contributed by atoms with Crippen LogP contribution in [0.2, 0.25) is 0 Å². The van der Waals surface area contributed by atoms with Gasteiger partial charge in [-0.15, -0.1) is 0 Å². The van der Waals surface area contributed by atoms with Crippen molar-refractivity contribution in [3.63, 3.8) is 0 Å². The van der Waals surface area contributed by atoms with E-state index in [4.69, 9.17) is 11.5 Å². The summed E-state index contributed by atoms with van der Waals surface area (Å²) in [6.45, 7) is 3.02. The van der Waals surface area contributed by atoms with E-state index < -0.39 is 30.4 Å². The summed E-state index contributed by atoms with van der Waals surface area (Å²) in [6, 6.07) is 4.85. The number of anilines is 2. The predicted octanol–water partition coefficient (Wildman–Crippen LogP) is 0.105. The Morgan fingerprint density at radius 1 is 1.14 bits per heavy atom. The minimum absolute atomic E-state index is 0.153. The van der Waals surface area contributed by atoms with Gasteiger partial charge in [-0.3, -0.25) is 0 Å². The minimum Gasteiger partial charge on any atom is -0.399 e. The number of likely N-dealkylation sites (N-methyl/N-ethyl adjacent to an activating group) is 1. The van der Waals surface area contributed by atoms with Crippen LogP contribution >= 0.6 is 0 Å². The Hall–Kier alpha value is -1.32. The van der Waals surface area contributed by atoms with Crippen molar-refractivity contribution in [3.05, 3.63) is 23.8 Å². The van der Waals surface area contributed by atoms with Crippen LogP contribution < -0.4 is 16.4 Å². The van der Waals surface area contributed by atoms with Crippen LogP contribution in [0.15, 0.2) is 18.2 Å². The normalized spacial score (nSPS) is 13.1. The molecule has 0 bridgehead atoms. The summed E-state index contributed by atoms with van der Waals surface area (Å²) < 4.78 is 47.1. The molecule has 4 N–H and O–H groups in total. The largest absolute Gasteiger partial charge is 0.399 e. The molecule has 22 heavy (non-hydrogen) atoms. The molecule has 126 valence electrons. The van der Waals surface area contributed by atoms with Crippen LogP contribution in [0.3, 0.4) is 0 Å². The Kier molecular flexibility index (Phi) is 5.15. The van der Waals surface area contributed by atoms with Crippen molar-refractivity contribution in [2.75, 3.05) is 36.2 Å². The van der Waals surface area contributed by atoms with Crippen molar-refractivity contribution in [3.8, 4) is 0 Å². The summed E-state index contributed by atoms with van der Waals surface area (Å²) in [5.41, 5.74) is 13.1. The zero-order valence-electron chi connectivity index (χ0n) is 13.2. The highest BCUT2D eigenvalue weighted by Crippen LogP contribution is 2.33. The molecule has 0 atom stereocenters. The van der Waals surface area contributed by atoms with Crippen molar-refractivity contribution in [1.29, 1.82) is 0 Å². The highest BCUT2D eigenvalue weighted by molar-refractivity contribution is 8.09. The Bertz CT molecular complexity index is 725. The molecule has 0 radical (unpaired) electrons. The molecule has 0 saturated carbocycles. The van der Waals surface area contributed by atoms with E-state index in [1.807, 2.05) is 0 Å². The molecule has 1 aromatic rings. The molecule has 0 aliphatic rings. The predicted molar refractivity (Wildman–Crippen MR) is 90.1 cm³/mol. The SMILES string of the molecule is CCN(c1ccc(N)c(C)c1)C(CN)(S(C)(=O)=O)S(C)(=O)=O. The number of aryl methyl sites for hydroxylation is 1. The molecule has 0 aliphatic carbocycles. The smallest absolute Gasteiger partial charge is 0.256 e. The molecule has 0 fully saturated rings. The molecule has 7 nitrogen and oxygen atoms in total. The fourth-order valence-electron chi connectivity index (χ4n) is 2.54. The first-order valence-electron chi connectivity index (χ1n) is 6.65. The maximum Gasteiger partial charge on any atom is 0.256 e. The van der Waals surface area contributed by atoms with E-state index in [1.165, 1.54) is 4.90 Å². The van der Waals surface area contributed by atoms with Gasteiger partial charge in [-0.05, 0) is 37.6 Å². The number of benzene rings is 1. The molecule has 0 unspecified atom stereocenters. The van der Waals surface area contributed by atoms with Gasteiger partial charge in [-0.1, -0.05) is 0 Å². The molecule has 1 rings (SSSR count). The van der Waals surface area contributed by atoms with Crippen LogP contribution in [0.5, 0.6) is 0 Å². The second kappa shape index (κ2) is 6.05. The van der Waals surface area contributed by atoms with Crippen LogP contribution in [0.1, 0.15) is 12.5 Å². The number of nitrogen functional groups attached to an aromatic ring is 1. The minimum atomic E-state index is -4.04. The molecule has 0 amide bonds. The van der Waals surface area contributed by atoms with Crippen molar-refractivity contribution in [2.45, 2.75) is 18.1 Å². The number of nitrogens with zero attached hydrogens (tertiary/aromatic N) is 1. The van der Waals surface area contributed by atoms with Crippen LogP contribution in [0.25, 0.3) is 0 Å². The average molecular weight is 349 g/mol. The van der Waals surface area contributed by atoms with E-state index in [1.54, 1.807) is 32.0 Å². The van der Waals surface area contributed by atoms with Gasteiger partial charge in [-0.2, -0.15) is 0 Å². The molecule has 0 aromatic heterocycles. The Morgan fingerprint density at radius 3 is 1.95 bits per heavy atom. The zero-order valence-corrected chi connectivity index (χ0v) is 14.8. The summed E-state index contributed by atoms with van der Waals surface area (Å²) in [5, 5.41) is 0. The lowest BCUT2D eigenvalue weighted by Crippen LogP contribution is -2.63. The number of hydrogen-bond acceptors (Lipinski definition) is 7. The maximum absolute atomic E-state index is 12.3. The second-order valence-electron chi connectivity index (χ2n) is 5.25. The fraction of sp³-hybridized carbons (Fsp3) is 0.538. The topological polar surface area (TPSA) is 124 Å². The summed E-state index contributed by atoms with van der Waals surface area (Å²) >= 11 is 0. The summed E-state index contributed by atoms with van der Waals surface area (Å²) in [4.78, 5) is 1.30. The highest BCUT2D eigenvalue weighted by atomic mass is 32.3. The molecule has 0 saturated heterocycles. The van der Waals surface area contributed by atoms with Gasteiger partial charge in [0.1, 0.15) is 0 Å². The lowest BCUT2D eigenvalue weighted by molar-refractivity contribution is 0.534. The van der Waals surface area contributed by atoms with Crippen LogP contribution in [-0.2, 0) is 19.7 Å². The fourth-order valence-corrected chi connectivity index (χ4v) is 6.61. The third kappa shape index (κ3) is 2.92. The first-order valence-corrected chi connectivity index (χ1v) is 10.4. The first kappa shape index (κ1) is 18.7. The van der Waals surface area contributed by atoms with Gasteiger partial charge < -0.3 is 16.4 Å². The van der Waals surface area contributed by atoms with Crippen LogP contribution in [0.4, 0.5) is 11.4 Å². The number of nitrogens with two attached hydrogens (primary N) is 2. The monoisotopic (exact) mass is 349 g/mol. The van der Waals surface area contributed by atoms with Gasteiger partial charge >= 0.3 is 0 Å². The molecule has 1 aromatic carbocycles. The summed E-state index contributed by atoms with van der Waals surface area (Å²) in [7, 11) is -8.07. The Labute approximate surface area is 132 Å². The molecule has 0 spiro atoms. The van der Waals surface area contributed by atoms with E-state index in [0.717, 1.165) is 18.1 Å². The van der Waals surface area contributed by atoms with Gasteiger partial charge in [0.25, 0.3) is 4.20 Å². The zero-order chi connectivity index (χ0) is 17.3. The highest BCUT2D eigenvalue weighted by Gasteiger charge is 2.54. The molecular formula is C13H23N3O4S2. The molecule has 0 heterocycles. The molecular weight excluding hydrogens is 326 g/mol. The maximum atomic E-state index is 12.3. The average Bonchev–Trinajstić information content (AvgIpc) is 2.36. The van der Waals surface area contributed by atoms with Gasteiger partial charge in [0.2, 0.25) is 0 Å². The van der Waals surface area contributed by atoms with Crippen LogP contribution in [-0.4, -0.2) is 46.6 Å². The van der Waals surface area contributed by atoms with E-state index in [9.17, 15) is 16.8 Å². The number of hydrogen-bond donors (Lipinski definition) is 2. The quantitative estimate of drug-likeness (QED) is 0.698. The van der Waals surface area contributed by atoms with Crippen molar-refractivity contribution >= 4 is 31.0 Å². The standard InChI is InChI=1S/C13H23N3O4S2/c1-5-16(11-6-7-12(15)10(2)8-11)13(9-14,21(3,17)18)22(4,19)20/h6-8H,5,9,14-15H2,1-4H3. The molecule has 0 aliphatic heterocycles. The van der Waals surface area contributed by atoms with Crippen molar-refractivity contribution < 1.29 is 16.8 Å². The van der Waals surface area contributed by atoms with E-state index in [0.29, 0.717) is 11.4 Å². The second-order valence-corrected chi connectivity index (χ2v) is 9.94. The van der Waals surface area contributed by atoms with E-state index >= 15 is 0 Å². The lowest BCUT2D eigenvalue weighted by Gasteiger charge is -2.41. The van der Waals surface area contributed by atoms with E-state index in [2.05, 4.69) is 0 Å². The third-order valence-corrected chi connectivity index (χ3v) is 8.62. The van der Waals surface area contributed by atoms with Crippen molar-refractivity contribution in [1.82, 2.24) is 0 Å². The Balaban J connectivity index is 3.74. The number of rotatable bonds is 6. The van der Waals surface area contributed by atoms with E-state index in [-0.39, 0.29) is 6.54 Å². The van der Waals surface area contributed by atoms with Gasteiger partial charge in [0.15, 0.2) is 19.7 Å². The van der Waals surface area contributed by atoms with Crippen LogP contribution in [0, 0.1) is 6.92 Å². The van der Waals surface area contributed by atoms with Gasteiger partial charge in [-0.25, -0.2) is 16.8 Å². The third-order valence-electron chi connectivity index (χ3n) is 3.71. The number of sulfone groups is 2. The lowest BCUT2D eigenvalue weighted by atomic mass is 10.1. The molecule has 9 heteroatoms. The summed E-state index contributed by atoms with van der Waals surface area (Å²) in [6.07, 6.45) is 1.77. The summed E-state index contributed by atoms with van der Waals surface area (Å²) in [5.74, 6) is 0.